The molecule has 0 spiro atoms. The van der Waals surface area contributed by atoms with Crippen LogP contribution < -0.4 is 5.73 Å². The van der Waals surface area contributed by atoms with Gasteiger partial charge in [-0.1, -0.05) is 11.6 Å². The van der Waals surface area contributed by atoms with Gasteiger partial charge in [-0.3, -0.25) is 0 Å². The highest BCUT2D eigenvalue weighted by Gasteiger charge is 2.21. The van der Waals surface area contributed by atoms with Crippen LogP contribution >= 0.6 is 11.6 Å². The molecule has 0 saturated carbocycles. The van der Waals surface area contributed by atoms with Gasteiger partial charge in [-0.05, 0) is 44.1 Å². The Hall–Kier alpha value is -0.780. The highest BCUT2D eigenvalue weighted by Crippen LogP contribution is 2.25. The van der Waals surface area contributed by atoms with Gasteiger partial charge in [0.1, 0.15) is 0 Å². The van der Waals surface area contributed by atoms with E-state index in [0.29, 0.717) is 12.2 Å². The maximum Gasteiger partial charge on any atom is 0.181 e. The van der Waals surface area contributed by atoms with Crippen molar-refractivity contribution < 1.29 is 8.42 Å². The average Bonchev–Trinajstić information content (AvgIpc) is 2.83. The number of nitrogens with two attached hydrogens (primary N) is 1. The number of anilines is 1. The molecule has 100 valence electrons. The van der Waals surface area contributed by atoms with Gasteiger partial charge in [0.2, 0.25) is 0 Å². The van der Waals surface area contributed by atoms with E-state index in [-0.39, 0.29) is 15.7 Å². The van der Waals surface area contributed by atoms with Gasteiger partial charge in [0.25, 0.3) is 0 Å². The second kappa shape index (κ2) is 5.47. The quantitative estimate of drug-likeness (QED) is 0.858. The summed E-state index contributed by atoms with van der Waals surface area (Å²) in [6.07, 6.45) is 2.30. The molecule has 1 aromatic rings. The van der Waals surface area contributed by atoms with Crippen molar-refractivity contribution in [2.45, 2.75) is 17.7 Å². The number of halogens is 1. The Morgan fingerprint density at radius 2 is 1.94 bits per heavy atom. The molecule has 2 N–H and O–H groups in total. The molecule has 1 aliphatic rings. The Morgan fingerprint density at radius 1 is 1.28 bits per heavy atom. The number of hydrogen-bond acceptors (Lipinski definition) is 4. The van der Waals surface area contributed by atoms with E-state index in [1.165, 1.54) is 12.1 Å². The molecule has 4 nitrogen and oxygen atoms in total. The van der Waals surface area contributed by atoms with Crippen molar-refractivity contribution in [3.8, 4) is 0 Å². The first-order valence-corrected chi connectivity index (χ1v) is 8.02. The smallest absolute Gasteiger partial charge is 0.181 e. The summed E-state index contributed by atoms with van der Waals surface area (Å²) in [5.74, 6) is 0.0934. The first kappa shape index (κ1) is 13.6. The zero-order chi connectivity index (χ0) is 13.2. The fourth-order valence-electron chi connectivity index (χ4n) is 2.12. The minimum atomic E-state index is -3.35. The third-order valence-corrected chi connectivity index (χ3v) is 5.33. The zero-order valence-corrected chi connectivity index (χ0v) is 11.7. The third kappa shape index (κ3) is 3.16. The second-order valence-corrected chi connectivity index (χ2v) is 7.04. The average molecular weight is 289 g/mol. The van der Waals surface area contributed by atoms with Crippen molar-refractivity contribution in [3.63, 3.8) is 0 Å². The standard InChI is InChI=1S/C12H17ClN2O2S/c13-11-4-3-10(14)9-12(11)18(16,17)8-7-15-5-1-2-6-15/h3-4,9H,1-2,5-8,14H2. The molecule has 1 heterocycles. The number of rotatable bonds is 4. The van der Waals surface area contributed by atoms with Gasteiger partial charge in [-0.2, -0.15) is 0 Å². The SMILES string of the molecule is Nc1ccc(Cl)c(S(=O)(=O)CCN2CCCC2)c1. The van der Waals surface area contributed by atoms with E-state index in [1.807, 2.05) is 0 Å². The van der Waals surface area contributed by atoms with Crippen LogP contribution in [0.5, 0.6) is 0 Å². The maximum absolute atomic E-state index is 12.2. The lowest BCUT2D eigenvalue weighted by molar-refractivity contribution is 0.359. The number of likely N-dealkylation sites (tertiary alicyclic amines) is 1. The van der Waals surface area contributed by atoms with E-state index in [9.17, 15) is 8.42 Å². The Bertz CT molecular complexity index is 525. The molecule has 18 heavy (non-hydrogen) atoms. The van der Waals surface area contributed by atoms with Crippen molar-refractivity contribution in [2.75, 3.05) is 31.1 Å². The van der Waals surface area contributed by atoms with Gasteiger partial charge in [-0.15, -0.1) is 0 Å². The summed E-state index contributed by atoms with van der Waals surface area (Å²) < 4.78 is 24.4. The summed E-state index contributed by atoms with van der Waals surface area (Å²) in [7, 11) is -3.35. The minimum Gasteiger partial charge on any atom is -0.399 e. The monoisotopic (exact) mass is 288 g/mol. The zero-order valence-electron chi connectivity index (χ0n) is 10.1. The second-order valence-electron chi connectivity index (χ2n) is 4.56. The topological polar surface area (TPSA) is 63.4 Å². The molecular formula is C12H17ClN2O2S. The van der Waals surface area contributed by atoms with Crippen LogP contribution in [0.2, 0.25) is 5.02 Å². The summed E-state index contributed by atoms with van der Waals surface area (Å²) in [4.78, 5) is 2.31. The normalized spacial score (nSPS) is 17.2. The predicted octanol–water partition coefficient (Wildman–Crippen LogP) is 1.79. The third-order valence-electron chi connectivity index (χ3n) is 3.17. The molecule has 2 rings (SSSR count). The molecular weight excluding hydrogens is 272 g/mol. The van der Waals surface area contributed by atoms with Crippen LogP contribution in [0.4, 0.5) is 5.69 Å². The summed E-state index contributed by atoms with van der Waals surface area (Å²) in [5, 5.41) is 0.241. The van der Waals surface area contributed by atoms with Gasteiger partial charge in [0, 0.05) is 12.2 Å². The molecule has 1 saturated heterocycles. The van der Waals surface area contributed by atoms with E-state index in [1.54, 1.807) is 6.07 Å². The lowest BCUT2D eigenvalue weighted by Gasteiger charge is -2.15. The van der Waals surface area contributed by atoms with Crippen molar-refractivity contribution in [2.24, 2.45) is 0 Å². The first-order valence-electron chi connectivity index (χ1n) is 5.99. The van der Waals surface area contributed by atoms with Gasteiger partial charge in [-0.25, -0.2) is 8.42 Å². The van der Waals surface area contributed by atoms with Crippen molar-refractivity contribution >= 4 is 27.1 Å². The van der Waals surface area contributed by atoms with E-state index in [4.69, 9.17) is 17.3 Å². The number of hydrogen-bond donors (Lipinski definition) is 1. The van der Waals surface area contributed by atoms with Gasteiger partial charge < -0.3 is 10.6 Å². The molecule has 0 amide bonds. The summed E-state index contributed by atoms with van der Waals surface area (Å²) in [6, 6.07) is 4.56. The van der Waals surface area contributed by atoms with E-state index in [0.717, 1.165) is 25.9 Å². The van der Waals surface area contributed by atoms with Crippen LogP contribution in [0, 0.1) is 0 Å². The largest absolute Gasteiger partial charge is 0.399 e. The van der Waals surface area contributed by atoms with Crippen molar-refractivity contribution in [1.29, 1.82) is 0 Å². The molecule has 1 aromatic carbocycles. The molecule has 0 atom stereocenters. The summed E-state index contributed by atoms with van der Waals surface area (Å²) in [6.45, 7) is 2.54. The van der Waals surface area contributed by atoms with Gasteiger partial charge in [0.05, 0.1) is 15.7 Å². The van der Waals surface area contributed by atoms with Crippen LogP contribution in [-0.4, -0.2) is 38.7 Å². The fourth-order valence-corrected chi connectivity index (χ4v) is 3.99. The lowest BCUT2D eigenvalue weighted by atomic mass is 10.3. The molecule has 0 aromatic heterocycles. The van der Waals surface area contributed by atoms with Crippen LogP contribution in [0.1, 0.15) is 12.8 Å². The minimum absolute atomic E-state index is 0.0934. The Labute approximate surface area is 113 Å². The molecule has 0 radical (unpaired) electrons. The molecule has 6 heteroatoms. The highest BCUT2D eigenvalue weighted by atomic mass is 35.5. The van der Waals surface area contributed by atoms with E-state index in [2.05, 4.69) is 4.90 Å². The molecule has 1 aliphatic heterocycles. The van der Waals surface area contributed by atoms with Crippen molar-refractivity contribution in [1.82, 2.24) is 4.90 Å². The Balaban J connectivity index is 2.12. The Kier molecular flexibility index (Phi) is 4.14. The van der Waals surface area contributed by atoms with Gasteiger partial charge >= 0.3 is 0 Å². The molecule has 0 unspecified atom stereocenters. The number of benzene rings is 1. The number of sulfone groups is 1. The van der Waals surface area contributed by atoms with Crippen LogP contribution in [0.15, 0.2) is 23.1 Å². The lowest BCUT2D eigenvalue weighted by Crippen LogP contribution is -2.26. The van der Waals surface area contributed by atoms with Gasteiger partial charge in [0.15, 0.2) is 9.84 Å². The summed E-state index contributed by atoms with van der Waals surface area (Å²) >= 11 is 5.93. The van der Waals surface area contributed by atoms with Crippen molar-refractivity contribution in [3.05, 3.63) is 23.2 Å². The molecule has 1 fully saturated rings. The number of nitrogens with zero attached hydrogens (tertiary/aromatic N) is 1. The fraction of sp³-hybridized carbons (Fsp3) is 0.500. The van der Waals surface area contributed by atoms with Crippen LogP contribution in [0.25, 0.3) is 0 Å². The molecule has 0 bridgehead atoms. The first-order chi connectivity index (χ1) is 8.49. The van der Waals surface area contributed by atoms with Crippen LogP contribution in [0.3, 0.4) is 0 Å². The Morgan fingerprint density at radius 3 is 2.61 bits per heavy atom. The summed E-state index contributed by atoms with van der Waals surface area (Å²) in [5.41, 5.74) is 6.02. The predicted molar refractivity (Wildman–Crippen MR) is 73.6 cm³/mol. The van der Waals surface area contributed by atoms with E-state index >= 15 is 0 Å². The van der Waals surface area contributed by atoms with E-state index < -0.39 is 9.84 Å². The van der Waals surface area contributed by atoms with Crippen LogP contribution in [-0.2, 0) is 9.84 Å². The number of nitrogen functional groups attached to an aromatic ring is 1. The highest BCUT2D eigenvalue weighted by molar-refractivity contribution is 7.91. The maximum atomic E-state index is 12.2. The molecule has 0 aliphatic carbocycles.